The minimum absolute atomic E-state index is 0.189. The zero-order chi connectivity index (χ0) is 7.78. The average molecular weight is 142 g/mol. The van der Waals surface area contributed by atoms with Gasteiger partial charge in [-0.05, 0) is 32.6 Å². The van der Waals surface area contributed by atoms with Gasteiger partial charge < -0.3 is 11.5 Å². The predicted octanol–water partition coefficient (Wildman–Crippen LogP) is 0.851. The first kappa shape index (κ1) is 8.02. The fraction of sp³-hybridized carbons (Fsp3) is 1.00. The molecule has 2 nitrogen and oxygen atoms in total. The van der Waals surface area contributed by atoms with Crippen LogP contribution in [-0.4, -0.2) is 11.6 Å². The molecule has 0 radical (unpaired) electrons. The summed E-state index contributed by atoms with van der Waals surface area (Å²) in [5.74, 6) is 0.694. The lowest BCUT2D eigenvalue weighted by molar-refractivity contribution is 0.202. The van der Waals surface area contributed by atoms with Gasteiger partial charge in [0.05, 0.1) is 0 Å². The highest BCUT2D eigenvalue weighted by Crippen LogP contribution is 2.31. The highest BCUT2D eigenvalue weighted by molar-refractivity contribution is 4.93. The van der Waals surface area contributed by atoms with E-state index in [4.69, 9.17) is 11.5 Å². The molecule has 0 bridgehead atoms. The predicted molar refractivity (Wildman–Crippen MR) is 43.6 cm³/mol. The standard InChI is InChI=1S/C8H18N2/c1-8(2,10)7(9)6-4-3-5-6/h6-7H,3-5,9-10H2,1-2H3. The SMILES string of the molecule is CC(C)(N)C(N)C1CCC1. The minimum atomic E-state index is -0.189. The molecule has 0 aromatic carbocycles. The van der Waals surface area contributed by atoms with Crippen molar-refractivity contribution in [3.8, 4) is 0 Å². The molecule has 0 aliphatic heterocycles. The van der Waals surface area contributed by atoms with E-state index in [0.29, 0.717) is 5.92 Å². The molecule has 60 valence electrons. The van der Waals surface area contributed by atoms with Gasteiger partial charge in [0.15, 0.2) is 0 Å². The molecular formula is C8H18N2. The maximum Gasteiger partial charge on any atom is 0.0253 e. The molecule has 1 aliphatic carbocycles. The summed E-state index contributed by atoms with van der Waals surface area (Å²) in [5.41, 5.74) is 11.6. The highest BCUT2D eigenvalue weighted by Gasteiger charge is 2.32. The van der Waals surface area contributed by atoms with Crippen LogP contribution in [0.25, 0.3) is 0 Å². The average Bonchev–Trinajstić information content (AvgIpc) is 1.57. The Balaban J connectivity index is 2.39. The fourth-order valence-electron chi connectivity index (χ4n) is 1.41. The molecule has 1 atom stereocenters. The van der Waals surface area contributed by atoms with Gasteiger partial charge in [-0.3, -0.25) is 0 Å². The fourth-order valence-corrected chi connectivity index (χ4v) is 1.41. The third kappa shape index (κ3) is 1.50. The second-order valence-corrected chi connectivity index (χ2v) is 4.04. The van der Waals surface area contributed by atoms with Crippen LogP contribution in [0.1, 0.15) is 33.1 Å². The Hall–Kier alpha value is -0.0800. The van der Waals surface area contributed by atoms with Crippen LogP contribution >= 0.6 is 0 Å². The maximum absolute atomic E-state index is 5.93. The third-order valence-electron chi connectivity index (χ3n) is 2.52. The zero-order valence-corrected chi connectivity index (χ0v) is 6.93. The van der Waals surface area contributed by atoms with E-state index in [-0.39, 0.29) is 11.6 Å². The Labute approximate surface area is 63.0 Å². The summed E-state index contributed by atoms with van der Waals surface area (Å²) in [5, 5.41) is 0. The van der Waals surface area contributed by atoms with E-state index in [1.54, 1.807) is 0 Å². The van der Waals surface area contributed by atoms with Gasteiger partial charge in [-0.25, -0.2) is 0 Å². The van der Waals surface area contributed by atoms with Gasteiger partial charge in [0.1, 0.15) is 0 Å². The molecule has 10 heavy (non-hydrogen) atoms. The Bertz CT molecular complexity index is 111. The van der Waals surface area contributed by atoms with Crippen LogP contribution in [0.3, 0.4) is 0 Å². The van der Waals surface area contributed by atoms with Crippen LogP contribution in [0.4, 0.5) is 0 Å². The van der Waals surface area contributed by atoms with Gasteiger partial charge in [-0.2, -0.15) is 0 Å². The van der Waals surface area contributed by atoms with E-state index >= 15 is 0 Å². The zero-order valence-electron chi connectivity index (χ0n) is 6.93. The minimum Gasteiger partial charge on any atom is -0.326 e. The molecule has 1 rings (SSSR count). The largest absolute Gasteiger partial charge is 0.326 e. The monoisotopic (exact) mass is 142 g/mol. The van der Waals surface area contributed by atoms with Gasteiger partial charge in [-0.1, -0.05) is 6.42 Å². The number of hydrogen-bond donors (Lipinski definition) is 2. The molecule has 0 saturated heterocycles. The summed E-state index contributed by atoms with van der Waals surface area (Å²) in [6.45, 7) is 4.02. The Morgan fingerprint density at radius 3 is 2.00 bits per heavy atom. The van der Waals surface area contributed by atoms with Crippen molar-refractivity contribution in [2.75, 3.05) is 0 Å². The van der Waals surface area contributed by atoms with Crippen molar-refractivity contribution < 1.29 is 0 Å². The molecule has 0 aromatic rings. The Morgan fingerprint density at radius 1 is 1.40 bits per heavy atom. The van der Waals surface area contributed by atoms with E-state index in [2.05, 4.69) is 0 Å². The molecule has 2 heteroatoms. The van der Waals surface area contributed by atoms with E-state index in [9.17, 15) is 0 Å². The van der Waals surface area contributed by atoms with Gasteiger partial charge >= 0.3 is 0 Å². The van der Waals surface area contributed by atoms with Crippen LogP contribution in [0.2, 0.25) is 0 Å². The van der Waals surface area contributed by atoms with E-state index in [1.165, 1.54) is 19.3 Å². The number of nitrogens with two attached hydrogens (primary N) is 2. The Kier molecular flexibility index (Phi) is 2.02. The molecule has 1 unspecified atom stereocenters. The van der Waals surface area contributed by atoms with Crippen LogP contribution in [-0.2, 0) is 0 Å². The van der Waals surface area contributed by atoms with Crippen molar-refractivity contribution in [3.63, 3.8) is 0 Å². The van der Waals surface area contributed by atoms with Crippen LogP contribution in [0.5, 0.6) is 0 Å². The molecule has 0 spiro atoms. The van der Waals surface area contributed by atoms with E-state index in [0.717, 1.165) is 0 Å². The van der Waals surface area contributed by atoms with Gasteiger partial charge in [0.2, 0.25) is 0 Å². The lowest BCUT2D eigenvalue weighted by Crippen LogP contribution is -2.55. The third-order valence-corrected chi connectivity index (χ3v) is 2.52. The van der Waals surface area contributed by atoms with Crippen molar-refractivity contribution in [3.05, 3.63) is 0 Å². The van der Waals surface area contributed by atoms with Crippen molar-refractivity contribution >= 4 is 0 Å². The highest BCUT2D eigenvalue weighted by atomic mass is 14.8. The molecule has 0 aromatic heterocycles. The van der Waals surface area contributed by atoms with Gasteiger partial charge in [0, 0.05) is 11.6 Å². The van der Waals surface area contributed by atoms with E-state index in [1.807, 2.05) is 13.8 Å². The first-order valence-corrected chi connectivity index (χ1v) is 4.06. The molecular weight excluding hydrogens is 124 g/mol. The normalized spacial score (nSPS) is 24.0. The Morgan fingerprint density at radius 2 is 1.90 bits per heavy atom. The van der Waals surface area contributed by atoms with Crippen molar-refractivity contribution in [2.45, 2.75) is 44.7 Å². The molecule has 1 saturated carbocycles. The summed E-state index contributed by atoms with van der Waals surface area (Å²) >= 11 is 0. The quantitative estimate of drug-likeness (QED) is 0.600. The smallest absolute Gasteiger partial charge is 0.0253 e. The summed E-state index contributed by atoms with van der Waals surface area (Å²) < 4.78 is 0. The van der Waals surface area contributed by atoms with Crippen LogP contribution < -0.4 is 11.5 Å². The van der Waals surface area contributed by atoms with Gasteiger partial charge in [-0.15, -0.1) is 0 Å². The van der Waals surface area contributed by atoms with Crippen LogP contribution in [0, 0.1) is 5.92 Å². The second kappa shape index (κ2) is 2.51. The van der Waals surface area contributed by atoms with Crippen molar-refractivity contribution in [1.29, 1.82) is 0 Å². The summed E-state index contributed by atoms with van der Waals surface area (Å²) in [6.07, 6.45) is 3.90. The molecule has 4 N–H and O–H groups in total. The maximum atomic E-state index is 5.93. The first-order chi connectivity index (χ1) is 4.52. The summed E-state index contributed by atoms with van der Waals surface area (Å²) in [7, 11) is 0. The lowest BCUT2D eigenvalue weighted by atomic mass is 9.74. The van der Waals surface area contributed by atoms with Gasteiger partial charge in [0.25, 0.3) is 0 Å². The number of hydrogen-bond acceptors (Lipinski definition) is 2. The molecule has 1 fully saturated rings. The van der Waals surface area contributed by atoms with E-state index < -0.39 is 0 Å². The van der Waals surface area contributed by atoms with Crippen LogP contribution in [0.15, 0.2) is 0 Å². The summed E-state index contributed by atoms with van der Waals surface area (Å²) in [6, 6.07) is 0.196. The molecule has 0 amide bonds. The topological polar surface area (TPSA) is 52.0 Å². The molecule has 1 aliphatic rings. The van der Waals surface area contributed by atoms with Crippen molar-refractivity contribution in [1.82, 2.24) is 0 Å². The van der Waals surface area contributed by atoms with Crippen molar-refractivity contribution in [2.24, 2.45) is 17.4 Å². The summed E-state index contributed by atoms with van der Waals surface area (Å²) in [4.78, 5) is 0. The molecule has 0 heterocycles. The first-order valence-electron chi connectivity index (χ1n) is 4.06. The second-order valence-electron chi connectivity index (χ2n) is 4.04. The number of rotatable bonds is 2. The lowest BCUT2D eigenvalue weighted by Gasteiger charge is -2.38.